The van der Waals surface area contributed by atoms with Gasteiger partial charge in [-0.15, -0.1) is 0 Å². The van der Waals surface area contributed by atoms with Crippen LogP contribution < -0.4 is 21.1 Å². The van der Waals surface area contributed by atoms with Gasteiger partial charge in [-0.3, -0.25) is 14.6 Å². The number of nitrogens with one attached hydrogen (secondary N) is 2. The first kappa shape index (κ1) is 21.9. The van der Waals surface area contributed by atoms with Gasteiger partial charge in [0.2, 0.25) is 5.91 Å². The summed E-state index contributed by atoms with van der Waals surface area (Å²) in [6.45, 7) is 1.04. The van der Waals surface area contributed by atoms with Crippen molar-refractivity contribution < 1.29 is 14.3 Å². The number of amides is 2. The van der Waals surface area contributed by atoms with E-state index in [0.717, 1.165) is 31.2 Å². The molecule has 8 heteroatoms. The van der Waals surface area contributed by atoms with E-state index < -0.39 is 0 Å². The molecule has 1 aliphatic carbocycles. The summed E-state index contributed by atoms with van der Waals surface area (Å²) in [6, 6.07) is 6.87. The molecule has 7 nitrogen and oxygen atoms in total. The molecule has 1 aliphatic rings. The van der Waals surface area contributed by atoms with Gasteiger partial charge in [0, 0.05) is 37.5 Å². The summed E-state index contributed by atoms with van der Waals surface area (Å²) < 4.78 is 5.24. The van der Waals surface area contributed by atoms with Gasteiger partial charge in [-0.25, -0.2) is 0 Å². The molecule has 0 radical (unpaired) electrons. The largest absolute Gasteiger partial charge is 0.496 e. The molecule has 4 N–H and O–H groups in total. The highest BCUT2D eigenvalue weighted by atomic mass is 35.5. The first-order valence-electron chi connectivity index (χ1n) is 10.1. The number of nitrogen functional groups attached to an aromatic ring is 1. The van der Waals surface area contributed by atoms with E-state index in [1.807, 2.05) is 12.1 Å². The standard InChI is InChI=1S/C22H27ClN4O3/c1-30-20-10-19(24)18(23)9-17(20)22(29)27-12-14-4-6-16(7-5-14)21(28)26-13-15-3-2-8-25-11-15/h2-3,8-11,14,16H,4-7,12-13,24H2,1H3,(H,26,28)(H,27,29). The van der Waals surface area contributed by atoms with Crippen molar-refractivity contribution in [3.63, 3.8) is 0 Å². The van der Waals surface area contributed by atoms with Crippen LogP contribution in [0.1, 0.15) is 41.6 Å². The number of pyridine rings is 1. The van der Waals surface area contributed by atoms with Crippen LogP contribution in [0.4, 0.5) is 5.69 Å². The first-order valence-corrected chi connectivity index (χ1v) is 10.4. The topological polar surface area (TPSA) is 106 Å². The lowest BCUT2D eigenvalue weighted by atomic mass is 9.81. The maximum Gasteiger partial charge on any atom is 0.255 e. The summed E-state index contributed by atoms with van der Waals surface area (Å²) in [7, 11) is 1.49. The lowest BCUT2D eigenvalue weighted by Crippen LogP contribution is -2.36. The molecule has 2 amide bonds. The number of hydrogen-bond donors (Lipinski definition) is 3. The monoisotopic (exact) mass is 430 g/mol. The van der Waals surface area contributed by atoms with Gasteiger partial charge in [-0.05, 0) is 49.3 Å². The number of methoxy groups -OCH3 is 1. The molecule has 1 heterocycles. The average Bonchev–Trinajstić information content (AvgIpc) is 2.78. The number of benzene rings is 1. The minimum absolute atomic E-state index is 0.0182. The average molecular weight is 431 g/mol. The summed E-state index contributed by atoms with van der Waals surface area (Å²) in [5.41, 5.74) is 7.48. The van der Waals surface area contributed by atoms with Gasteiger partial charge in [0.15, 0.2) is 0 Å². The number of hydrogen-bond acceptors (Lipinski definition) is 5. The normalized spacial score (nSPS) is 18.5. The van der Waals surface area contributed by atoms with E-state index in [4.69, 9.17) is 22.1 Å². The van der Waals surface area contributed by atoms with Crippen LogP contribution in [0.15, 0.2) is 36.7 Å². The Hall–Kier alpha value is -2.80. The molecule has 0 spiro atoms. The van der Waals surface area contributed by atoms with Gasteiger partial charge in [-0.1, -0.05) is 17.7 Å². The molecule has 160 valence electrons. The highest BCUT2D eigenvalue weighted by Crippen LogP contribution is 2.30. The van der Waals surface area contributed by atoms with Gasteiger partial charge in [0.1, 0.15) is 5.75 Å². The van der Waals surface area contributed by atoms with Gasteiger partial charge in [0.25, 0.3) is 5.91 Å². The molecular formula is C22H27ClN4O3. The van der Waals surface area contributed by atoms with Crippen LogP contribution >= 0.6 is 11.6 Å². The van der Waals surface area contributed by atoms with E-state index in [1.54, 1.807) is 18.5 Å². The van der Waals surface area contributed by atoms with Crippen LogP contribution in [0.25, 0.3) is 0 Å². The van der Waals surface area contributed by atoms with Crippen molar-refractivity contribution in [3.8, 4) is 5.75 Å². The van der Waals surface area contributed by atoms with E-state index in [-0.39, 0.29) is 17.7 Å². The van der Waals surface area contributed by atoms with Crippen molar-refractivity contribution >= 4 is 29.1 Å². The Morgan fingerprint density at radius 3 is 2.67 bits per heavy atom. The van der Waals surface area contributed by atoms with Crippen LogP contribution in [-0.2, 0) is 11.3 Å². The Balaban J connectivity index is 1.44. The molecule has 1 aromatic heterocycles. The second-order valence-electron chi connectivity index (χ2n) is 7.58. The van der Waals surface area contributed by atoms with Crippen LogP contribution in [0, 0.1) is 11.8 Å². The van der Waals surface area contributed by atoms with Gasteiger partial charge in [0.05, 0.1) is 23.4 Å². The molecule has 3 rings (SSSR count). The van der Waals surface area contributed by atoms with E-state index >= 15 is 0 Å². The van der Waals surface area contributed by atoms with Crippen LogP contribution in [-0.4, -0.2) is 30.5 Å². The maximum atomic E-state index is 12.6. The molecule has 2 aromatic rings. The number of rotatable bonds is 7. The minimum Gasteiger partial charge on any atom is -0.496 e. The molecule has 0 aliphatic heterocycles. The third-order valence-electron chi connectivity index (χ3n) is 5.52. The van der Waals surface area contributed by atoms with Gasteiger partial charge < -0.3 is 21.1 Å². The number of ether oxygens (including phenoxy) is 1. The summed E-state index contributed by atoms with van der Waals surface area (Å²) in [6.07, 6.45) is 6.88. The van der Waals surface area contributed by atoms with Crippen LogP contribution in [0.3, 0.4) is 0 Å². The number of carbonyl (C=O) groups excluding carboxylic acids is 2. The number of anilines is 1. The third-order valence-corrected chi connectivity index (χ3v) is 5.85. The van der Waals surface area contributed by atoms with Crippen molar-refractivity contribution in [2.45, 2.75) is 32.2 Å². The Morgan fingerprint density at radius 2 is 2.00 bits per heavy atom. The Bertz CT molecular complexity index is 883. The van der Waals surface area contributed by atoms with Crippen molar-refractivity contribution in [3.05, 3.63) is 52.8 Å². The third kappa shape index (κ3) is 5.63. The zero-order valence-electron chi connectivity index (χ0n) is 17.0. The quantitative estimate of drug-likeness (QED) is 0.585. The molecule has 30 heavy (non-hydrogen) atoms. The smallest absolute Gasteiger partial charge is 0.255 e. The van der Waals surface area contributed by atoms with Crippen molar-refractivity contribution in [2.24, 2.45) is 11.8 Å². The minimum atomic E-state index is -0.245. The van der Waals surface area contributed by atoms with Crippen molar-refractivity contribution in [1.82, 2.24) is 15.6 Å². The Morgan fingerprint density at radius 1 is 1.23 bits per heavy atom. The molecule has 0 bridgehead atoms. The van der Waals surface area contributed by atoms with Crippen molar-refractivity contribution in [1.29, 1.82) is 0 Å². The second kappa shape index (κ2) is 10.3. The number of aromatic nitrogens is 1. The summed E-state index contributed by atoms with van der Waals surface area (Å²) in [5, 5.41) is 6.27. The van der Waals surface area contributed by atoms with Gasteiger partial charge in [-0.2, -0.15) is 0 Å². The summed E-state index contributed by atoms with van der Waals surface area (Å²) in [4.78, 5) is 29.0. The molecule has 0 atom stereocenters. The first-order chi connectivity index (χ1) is 14.5. The highest BCUT2D eigenvalue weighted by molar-refractivity contribution is 6.33. The number of nitrogens with two attached hydrogens (primary N) is 1. The van der Waals surface area contributed by atoms with Crippen molar-refractivity contribution in [2.75, 3.05) is 19.4 Å². The fourth-order valence-electron chi connectivity index (χ4n) is 3.71. The molecule has 0 saturated heterocycles. The second-order valence-corrected chi connectivity index (χ2v) is 7.99. The van der Waals surface area contributed by atoms with E-state index in [2.05, 4.69) is 15.6 Å². The molecule has 1 fully saturated rings. The molecular weight excluding hydrogens is 404 g/mol. The predicted molar refractivity (Wildman–Crippen MR) is 116 cm³/mol. The molecule has 0 unspecified atom stereocenters. The number of halogens is 1. The lowest BCUT2D eigenvalue weighted by Gasteiger charge is -2.28. The SMILES string of the molecule is COc1cc(N)c(Cl)cc1C(=O)NCC1CCC(C(=O)NCc2cccnc2)CC1. The van der Waals surface area contributed by atoms with Crippen LogP contribution in [0.5, 0.6) is 5.75 Å². The fourth-order valence-corrected chi connectivity index (χ4v) is 3.88. The number of carbonyl (C=O) groups is 2. The van der Waals surface area contributed by atoms with Crippen LogP contribution in [0.2, 0.25) is 5.02 Å². The lowest BCUT2D eigenvalue weighted by molar-refractivity contribution is -0.126. The van der Waals surface area contributed by atoms with Gasteiger partial charge >= 0.3 is 0 Å². The maximum absolute atomic E-state index is 12.6. The van der Waals surface area contributed by atoms with E-state index in [1.165, 1.54) is 13.2 Å². The van der Waals surface area contributed by atoms with E-state index in [9.17, 15) is 9.59 Å². The van der Waals surface area contributed by atoms with E-state index in [0.29, 0.717) is 41.0 Å². The Kier molecular flexibility index (Phi) is 7.52. The summed E-state index contributed by atoms with van der Waals surface area (Å²) in [5.74, 6) is 0.590. The Labute approximate surface area is 181 Å². The zero-order valence-corrected chi connectivity index (χ0v) is 17.7. The summed E-state index contributed by atoms with van der Waals surface area (Å²) >= 11 is 6.04. The predicted octanol–water partition coefficient (Wildman–Crippen LogP) is 3.18. The fraction of sp³-hybridized carbons (Fsp3) is 0.409. The highest BCUT2D eigenvalue weighted by Gasteiger charge is 2.26. The zero-order chi connectivity index (χ0) is 21.5. The molecule has 1 saturated carbocycles. The molecule has 1 aromatic carbocycles. The number of nitrogens with zero attached hydrogens (tertiary/aromatic N) is 1.